The van der Waals surface area contributed by atoms with Crippen LogP contribution in [0.15, 0.2) is 40.9 Å². The number of rotatable bonds is 6. The van der Waals surface area contributed by atoms with Crippen LogP contribution in [0.4, 0.5) is 0 Å². The van der Waals surface area contributed by atoms with Crippen LogP contribution in [0.25, 0.3) is 0 Å². The molecule has 1 saturated heterocycles. The third kappa shape index (κ3) is 3.76. The van der Waals surface area contributed by atoms with Gasteiger partial charge in [-0.2, -0.15) is 0 Å². The Balaban J connectivity index is 1.53. The number of ether oxygens (including phenoxy) is 1. The molecular weight excluding hydrogens is 276 g/mol. The molecule has 22 heavy (non-hydrogen) atoms. The summed E-state index contributed by atoms with van der Waals surface area (Å²) >= 11 is 0. The first kappa shape index (κ1) is 15.3. The van der Waals surface area contributed by atoms with Gasteiger partial charge in [-0.15, -0.1) is 0 Å². The lowest BCUT2D eigenvalue weighted by molar-refractivity contribution is 0.181. The average Bonchev–Trinajstić information content (AvgIpc) is 3.15. The van der Waals surface area contributed by atoms with Crippen LogP contribution in [0.3, 0.4) is 0 Å². The summed E-state index contributed by atoms with van der Waals surface area (Å²) in [5.41, 5.74) is 2.31. The van der Waals surface area contributed by atoms with Gasteiger partial charge in [0.05, 0.1) is 18.9 Å². The third-order valence-corrected chi connectivity index (χ3v) is 4.39. The zero-order valence-electron chi connectivity index (χ0n) is 13.3. The van der Waals surface area contributed by atoms with Crippen LogP contribution in [-0.2, 0) is 11.2 Å². The zero-order valence-corrected chi connectivity index (χ0v) is 13.3. The largest absolute Gasteiger partial charge is 0.379 e. The van der Waals surface area contributed by atoms with E-state index in [0.717, 1.165) is 37.6 Å². The van der Waals surface area contributed by atoms with Crippen LogP contribution in [0, 0.1) is 12.8 Å². The number of benzene rings is 1. The number of nitrogens with zero attached hydrogens (tertiary/aromatic N) is 1. The van der Waals surface area contributed by atoms with Crippen molar-refractivity contribution in [3.8, 4) is 0 Å². The lowest BCUT2D eigenvalue weighted by Gasteiger charge is -2.21. The van der Waals surface area contributed by atoms with Crippen molar-refractivity contribution in [1.82, 2.24) is 10.5 Å². The number of hydrogen-bond acceptors (Lipinski definition) is 4. The molecule has 3 rings (SSSR count). The van der Waals surface area contributed by atoms with Crippen LogP contribution in [-0.4, -0.2) is 31.0 Å². The fourth-order valence-corrected chi connectivity index (χ4v) is 3.02. The molecule has 3 atom stereocenters. The first-order chi connectivity index (χ1) is 10.7. The molecule has 4 heteroatoms. The van der Waals surface area contributed by atoms with Crippen molar-refractivity contribution < 1.29 is 9.26 Å². The monoisotopic (exact) mass is 300 g/mol. The van der Waals surface area contributed by atoms with Crippen molar-refractivity contribution in [3.05, 3.63) is 53.4 Å². The Kier molecular flexibility index (Phi) is 4.90. The number of aryl methyl sites for hydroxylation is 1. The van der Waals surface area contributed by atoms with E-state index >= 15 is 0 Å². The van der Waals surface area contributed by atoms with Crippen molar-refractivity contribution in [3.63, 3.8) is 0 Å². The number of hydrogen-bond donors (Lipinski definition) is 1. The summed E-state index contributed by atoms with van der Waals surface area (Å²) in [6.07, 6.45) is 0.887. The molecule has 2 heterocycles. The highest BCUT2D eigenvalue weighted by molar-refractivity contribution is 5.19. The van der Waals surface area contributed by atoms with E-state index in [0.29, 0.717) is 17.9 Å². The van der Waals surface area contributed by atoms with Crippen molar-refractivity contribution in [2.75, 3.05) is 19.8 Å². The fraction of sp³-hybridized carbons (Fsp3) is 0.500. The fourth-order valence-electron chi connectivity index (χ4n) is 3.02. The molecule has 4 nitrogen and oxygen atoms in total. The molecule has 0 radical (unpaired) electrons. The minimum atomic E-state index is 0.386. The van der Waals surface area contributed by atoms with Crippen LogP contribution >= 0.6 is 0 Å². The maximum absolute atomic E-state index is 5.66. The second-order valence-electron chi connectivity index (χ2n) is 6.26. The molecule has 1 aliphatic rings. The molecule has 0 aliphatic carbocycles. The van der Waals surface area contributed by atoms with Gasteiger partial charge in [-0.3, -0.25) is 0 Å². The molecule has 0 saturated carbocycles. The van der Waals surface area contributed by atoms with E-state index in [1.165, 1.54) is 5.56 Å². The maximum atomic E-state index is 5.66. The van der Waals surface area contributed by atoms with E-state index in [4.69, 9.17) is 9.26 Å². The van der Waals surface area contributed by atoms with E-state index in [2.05, 4.69) is 47.7 Å². The second-order valence-corrected chi connectivity index (χ2v) is 6.26. The predicted molar refractivity (Wildman–Crippen MR) is 85.9 cm³/mol. The molecule has 1 aromatic heterocycles. The first-order valence-corrected chi connectivity index (χ1v) is 8.00. The topological polar surface area (TPSA) is 47.3 Å². The summed E-state index contributed by atoms with van der Waals surface area (Å²) < 4.78 is 11.0. The summed E-state index contributed by atoms with van der Waals surface area (Å²) in [5, 5.41) is 7.63. The lowest BCUT2D eigenvalue weighted by Crippen LogP contribution is -2.38. The number of aromatic nitrogens is 1. The Morgan fingerprint density at radius 3 is 2.82 bits per heavy atom. The van der Waals surface area contributed by atoms with Gasteiger partial charge >= 0.3 is 0 Å². The highest BCUT2D eigenvalue weighted by Gasteiger charge is 2.29. The summed E-state index contributed by atoms with van der Waals surface area (Å²) in [5.74, 6) is 1.90. The van der Waals surface area contributed by atoms with Crippen molar-refractivity contribution in [2.45, 2.75) is 32.2 Å². The van der Waals surface area contributed by atoms with Crippen molar-refractivity contribution >= 4 is 0 Å². The molecular formula is C18H24N2O2. The molecule has 118 valence electrons. The molecule has 0 amide bonds. The minimum Gasteiger partial charge on any atom is -0.379 e. The first-order valence-electron chi connectivity index (χ1n) is 8.00. The van der Waals surface area contributed by atoms with Gasteiger partial charge in [0.2, 0.25) is 0 Å². The molecule has 1 N–H and O–H groups in total. The van der Waals surface area contributed by atoms with E-state index < -0.39 is 0 Å². The van der Waals surface area contributed by atoms with E-state index in [1.54, 1.807) is 0 Å². The molecule has 1 fully saturated rings. The van der Waals surface area contributed by atoms with Crippen LogP contribution in [0.2, 0.25) is 0 Å². The summed E-state index contributed by atoms with van der Waals surface area (Å²) in [4.78, 5) is 0. The Hall–Kier alpha value is -1.65. The molecule has 1 aliphatic heterocycles. The predicted octanol–water partition coefficient (Wildman–Crippen LogP) is 2.93. The zero-order chi connectivity index (χ0) is 15.4. The van der Waals surface area contributed by atoms with Crippen LogP contribution < -0.4 is 5.32 Å². The Labute approximate surface area is 131 Å². The van der Waals surface area contributed by atoms with Crippen LogP contribution in [0.5, 0.6) is 0 Å². The highest BCUT2D eigenvalue weighted by Crippen LogP contribution is 2.21. The normalized spacial score (nSPS) is 22.8. The SMILES string of the molecule is Cc1cc(C[C@@H]2COC[C@H]2NC[C@H](C)c2ccccc2)on1. The lowest BCUT2D eigenvalue weighted by atomic mass is 9.96. The maximum Gasteiger partial charge on any atom is 0.137 e. The quantitative estimate of drug-likeness (QED) is 0.891. The van der Waals surface area contributed by atoms with Gasteiger partial charge in [0.15, 0.2) is 0 Å². The van der Waals surface area contributed by atoms with E-state index in [9.17, 15) is 0 Å². The van der Waals surface area contributed by atoms with Gasteiger partial charge in [0, 0.05) is 31.0 Å². The van der Waals surface area contributed by atoms with E-state index in [-0.39, 0.29) is 0 Å². The van der Waals surface area contributed by atoms with Crippen LogP contribution in [0.1, 0.15) is 29.9 Å². The third-order valence-electron chi connectivity index (χ3n) is 4.39. The van der Waals surface area contributed by atoms with Gasteiger partial charge in [-0.05, 0) is 18.4 Å². The summed E-state index contributed by atoms with van der Waals surface area (Å²) in [6.45, 7) is 6.74. The highest BCUT2D eigenvalue weighted by atomic mass is 16.5. The molecule has 0 spiro atoms. The molecule has 1 aromatic carbocycles. The second kappa shape index (κ2) is 7.07. The smallest absolute Gasteiger partial charge is 0.137 e. The standard InChI is InChI=1S/C18H24N2O2/c1-13(15-6-4-3-5-7-15)10-19-18-12-21-11-16(18)9-17-8-14(2)20-22-17/h3-8,13,16,18-19H,9-12H2,1-2H3/t13-,16+,18+/m0/s1. The van der Waals surface area contributed by atoms with Crippen molar-refractivity contribution in [2.24, 2.45) is 5.92 Å². The van der Waals surface area contributed by atoms with Gasteiger partial charge in [0.25, 0.3) is 0 Å². The van der Waals surface area contributed by atoms with Gasteiger partial charge in [-0.25, -0.2) is 0 Å². The molecule has 2 aromatic rings. The number of nitrogens with one attached hydrogen (secondary N) is 1. The minimum absolute atomic E-state index is 0.386. The van der Waals surface area contributed by atoms with Gasteiger partial charge in [-0.1, -0.05) is 42.4 Å². The Bertz CT molecular complexity index is 582. The van der Waals surface area contributed by atoms with Crippen molar-refractivity contribution in [1.29, 1.82) is 0 Å². The average molecular weight is 300 g/mol. The Morgan fingerprint density at radius 2 is 2.09 bits per heavy atom. The molecule has 0 bridgehead atoms. The van der Waals surface area contributed by atoms with Gasteiger partial charge in [0.1, 0.15) is 5.76 Å². The summed E-state index contributed by atoms with van der Waals surface area (Å²) in [6, 6.07) is 13.0. The van der Waals surface area contributed by atoms with E-state index in [1.807, 2.05) is 13.0 Å². The molecule has 0 unspecified atom stereocenters. The Morgan fingerprint density at radius 1 is 1.27 bits per heavy atom. The van der Waals surface area contributed by atoms with Gasteiger partial charge < -0.3 is 14.6 Å². The summed E-state index contributed by atoms with van der Waals surface area (Å²) in [7, 11) is 0.